The van der Waals surface area contributed by atoms with Crippen molar-refractivity contribution >= 4 is 11.9 Å². The minimum atomic E-state index is -0.677. The largest absolute Gasteiger partial charge is 0.466 e. The maximum atomic E-state index is 12.5. The summed E-state index contributed by atoms with van der Waals surface area (Å²) in [7, 11) is 0. The van der Waals surface area contributed by atoms with Gasteiger partial charge >= 0.3 is 5.97 Å². The van der Waals surface area contributed by atoms with Gasteiger partial charge in [0.15, 0.2) is 0 Å². The van der Waals surface area contributed by atoms with Gasteiger partial charge in [0.05, 0.1) is 25.4 Å². The molecule has 0 saturated carbocycles. The van der Waals surface area contributed by atoms with Crippen molar-refractivity contribution in [3.8, 4) is 0 Å². The third kappa shape index (κ3) is 61.2. The van der Waals surface area contributed by atoms with Crippen molar-refractivity contribution in [2.75, 3.05) is 13.2 Å². The lowest BCUT2D eigenvalue weighted by Gasteiger charge is -2.22. The number of esters is 1. The van der Waals surface area contributed by atoms with E-state index >= 15 is 0 Å². The van der Waals surface area contributed by atoms with Crippen LogP contribution in [0, 0.1) is 0 Å². The molecule has 2 atom stereocenters. The van der Waals surface area contributed by atoms with Crippen LogP contribution < -0.4 is 5.32 Å². The first-order valence-corrected chi connectivity index (χ1v) is 33.7. The van der Waals surface area contributed by atoms with Crippen molar-refractivity contribution in [3.63, 3.8) is 0 Å². The molecule has 0 spiro atoms. The molecule has 0 aliphatic rings. The van der Waals surface area contributed by atoms with Gasteiger partial charge in [-0.15, -0.1) is 0 Å². The predicted molar refractivity (Wildman–Crippen MR) is 329 cm³/mol. The molecule has 0 radical (unpaired) electrons. The summed E-state index contributed by atoms with van der Waals surface area (Å²) in [5.74, 6) is -0.0581. The van der Waals surface area contributed by atoms with Gasteiger partial charge in [-0.1, -0.05) is 307 Å². The van der Waals surface area contributed by atoms with E-state index in [2.05, 4.69) is 55.6 Å². The predicted octanol–water partition coefficient (Wildman–Crippen LogP) is 21.5. The molecular formula is C69H131NO5. The maximum absolute atomic E-state index is 12.5. The van der Waals surface area contributed by atoms with Gasteiger partial charge in [0.1, 0.15) is 0 Å². The van der Waals surface area contributed by atoms with Gasteiger partial charge in [0, 0.05) is 12.8 Å². The van der Waals surface area contributed by atoms with Gasteiger partial charge in [-0.25, -0.2) is 0 Å². The van der Waals surface area contributed by atoms with E-state index in [0.29, 0.717) is 25.9 Å². The van der Waals surface area contributed by atoms with Crippen LogP contribution in [0.15, 0.2) is 36.5 Å². The second-order valence-electron chi connectivity index (χ2n) is 23.1. The maximum Gasteiger partial charge on any atom is 0.305 e. The summed E-state index contributed by atoms with van der Waals surface area (Å²) in [6.45, 7) is 4.94. The number of allylic oxidation sites excluding steroid dienone is 6. The molecule has 442 valence electrons. The summed E-state index contributed by atoms with van der Waals surface area (Å²) in [6, 6.07) is -0.556. The molecule has 0 aromatic carbocycles. The number of carbonyl (C=O) groups excluding carboxylic acids is 2. The summed E-state index contributed by atoms with van der Waals surface area (Å²) >= 11 is 0. The Morgan fingerprint density at radius 3 is 1.04 bits per heavy atom. The number of carbonyl (C=O) groups is 2. The Balaban J connectivity index is 3.45. The van der Waals surface area contributed by atoms with Gasteiger partial charge in [0.25, 0.3) is 0 Å². The van der Waals surface area contributed by atoms with Crippen molar-refractivity contribution < 1.29 is 24.5 Å². The number of rotatable bonds is 63. The van der Waals surface area contributed by atoms with Crippen molar-refractivity contribution in [2.45, 2.75) is 379 Å². The number of nitrogens with one attached hydrogen (secondary N) is 1. The minimum Gasteiger partial charge on any atom is -0.466 e. The lowest BCUT2D eigenvalue weighted by molar-refractivity contribution is -0.143. The van der Waals surface area contributed by atoms with Gasteiger partial charge in [0.2, 0.25) is 5.91 Å². The van der Waals surface area contributed by atoms with E-state index in [1.807, 2.05) is 0 Å². The summed E-state index contributed by atoms with van der Waals surface area (Å²) in [5.41, 5.74) is 0. The van der Waals surface area contributed by atoms with Crippen LogP contribution in [0.4, 0.5) is 0 Å². The first kappa shape index (κ1) is 73.1. The highest BCUT2D eigenvalue weighted by Gasteiger charge is 2.20. The number of hydrogen-bond donors (Lipinski definition) is 3. The van der Waals surface area contributed by atoms with E-state index in [1.165, 1.54) is 263 Å². The first-order valence-electron chi connectivity index (χ1n) is 33.7. The summed E-state index contributed by atoms with van der Waals surface area (Å²) in [6.07, 6.45) is 81.7. The number of hydrogen-bond acceptors (Lipinski definition) is 5. The Hall–Kier alpha value is -1.92. The fourth-order valence-corrected chi connectivity index (χ4v) is 10.5. The molecule has 2 unspecified atom stereocenters. The van der Waals surface area contributed by atoms with Crippen LogP contribution >= 0.6 is 0 Å². The molecule has 0 saturated heterocycles. The summed E-state index contributed by atoms with van der Waals surface area (Å²) in [5, 5.41) is 23.4. The van der Waals surface area contributed by atoms with Crippen LogP contribution in [0.25, 0.3) is 0 Å². The molecule has 1 amide bonds. The Morgan fingerprint density at radius 1 is 0.373 bits per heavy atom. The van der Waals surface area contributed by atoms with Gasteiger partial charge in [-0.05, 0) is 83.5 Å². The first-order chi connectivity index (χ1) is 37.0. The highest BCUT2D eigenvalue weighted by Crippen LogP contribution is 2.18. The smallest absolute Gasteiger partial charge is 0.305 e. The molecule has 0 rings (SSSR count). The Morgan fingerprint density at radius 2 is 0.667 bits per heavy atom. The minimum absolute atomic E-state index is 0.00932. The zero-order valence-electron chi connectivity index (χ0n) is 50.5. The van der Waals surface area contributed by atoms with Crippen LogP contribution in [-0.2, 0) is 14.3 Å². The van der Waals surface area contributed by atoms with Gasteiger partial charge in [-0.2, -0.15) is 0 Å². The fourth-order valence-electron chi connectivity index (χ4n) is 10.5. The van der Waals surface area contributed by atoms with Crippen LogP contribution in [0.1, 0.15) is 367 Å². The quantitative estimate of drug-likeness (QED) is 0.0320. The van der Waals surface area contributed by atoms with Crippen molar-refractivity contribution in [1.82, 2.24) is 5.32 Å². The molecule has 0 aliphatic heterocycles. The SMILES string of the molecule is CCCCCC/C=C\C/C=C\CCCCCCCCCC(=O)OCCCCCCCCC/C=C\CCCCCCCC(=O)NC(CO)C(O)CCCCCCCCCCCCCCCCCCCCCCCCCC. The Labute approximate surface area is 468 Å². The van der Waals surface area contributed by atoms with Crippen LogP contribution in [0.5, 0.6) is 0 Å². The molecule has 0 aliphatic carbocycles. The van der Waals surface area contributed by atoms with Gasteiger partial charge < -0.3 is 20.3 Å². The van der Waals surface area contributed by atoms with Crippen molar-refractivity contribution in [1.29, 1.82) is 0 Å². The lowest BCUT2D eigenvalue weighted by atomic mass is 10.0. The molecule has 0 bridgehead atoms. The zero-order valence-corrected chi connectivity index (χ0v) is 50.5. The summed E-state index contributed by atoms with van der Waals surface area (Å²) in [4.78, 5) is 24.6. The van der Waals surface area contributed by atoms with Crippen LogP contribution in [0.3, 0.4) is 0 Å². The highest BCUT2D eigenvalue weighted by atomic mass is 16.5. The Bertz CT molecular complexity index is 1210. The molecular weight excluding hydrogens is 923 g/mol. The van der Waals surface area contributed by atoms with E-state index in [-0.39, 0.29) is 18.5 Å². The molecule has 6 heteroatoms. The number of ether oxygens (including phenoxy) is 1. The molecule has 0 aromatic heterocycles. The molecule has 75 heavy (non-hydrogen) atoms. The lowest BCUT2D eigenvalue weighted by Crippen LogP contribution is -2.45. The number of unbranched alkanes of at least 4 members (excludes halogenated alkanes) is 46. The number of amides is 1. The topological polar surface area (TPSA) is 95.9 Å². The monoisotopic (exact) mass is 1050 g/mol. The Kier molecular flexibility index (Phi) is 63.0. The van der Waals surface area contributed by atoms with E-state index in [9.17, 15) is 19.8 Å². The average Bonchev–Trinajstić information content (AvgIpc) is 3.41. The van der Waals surface area contributed by atoms with E-state index < -0.39 is 12.1 Å². The van der Waals surface area contributed by atoms with E-state index in [1.54, 1.807) is 0 Å². The zero-order chi connectivity index (χ0) is 54.3. The van der Waals surface area contributed by atoms with Gasteiger partial charge in [-0.3, -0.25) is 9.59 Å². The molecule has 3 N–H and O–H groups in total. The van der Waals surface area contributed by atoms with Crippen LogP contribution in [0.2, 0.25) is 0 Å². The van der Waals surface area contributed by atoms with E-state index in [4.69, 9.17) is 4.74 Å². The van der Waals surface area contributed by atoms with Crippen molar-refractivity contribution in [3.05, 3.63) is 36.5 Å². The standard InChI is InChI=1S/C69H131NO5/c1-3-5-7-9-11-13-15-17-19-21-23-24-25-26-27-28-29-33-37-41-45-49-53-57-61-67(72)66(65-71)70-68(73)62-58-54-50-46-42-38-34-31-32-36-40-44-48-52-56-60-64-75-69(74)63-59-55-51-47-43-39-35-30-22-20-18-16-14-12-10-8-6-4-2/h14,16,20,22,31,34,66-67,71-72H,3-13,15,17-19,21,23-30,32-33,35-65H2,1-2H3,(H,70,73)/b16-14-,22-20-,34-31-. The second kappa shape index (κ2) is 64.6. The van der Waals surface area contributed by atoms with Crippen LogP contribution in [-0.4, -0.2) is 47.4 Å². The average molecular weight is 1050 g/mol. The molecule has 0 heterocycles. The number of aliphatic hydroxyl groups is 2. The fraction of sp³-hybridized carbons (Fsp3) is 0.884. The van der Waals surface area contributed by atoms with Crippen molar-refractivity contribution in [2.24, 2.45) is 0 Å². The number of aliphatic hydroxyl groups excluding tert-OH is 2. The second-order valence-corrected chi connectivity index (χ2v) is 23.1. The molecule has 0 aromatic rings. The third-order valence-electron chi connectivity index (χ3n) is 15.7. The molecule has 6 nitrogen and oxygen atoms in total. The third-order valence-corrected chi connectivity index (χ3v) is 15.7. The normalized spacial score (nSPS) is 12.7. The summed E-state index contributed by atoms with van der Waals surface area (Å²) < 4.78 is 5.49. The molecule has 0 fully saturated rings. The highest BCUT2D eigenvalue weighted by molar-refractivity contribution is 5.76. The van der Waals surface area contributed by atoms with E-state index in [0.717, 1.165) is 70.6 Å².